The van der Waals surface area contributed by atoms with Gasteiger partial charge in [-0.05, 0) is 12.0 Å². The van der Waals surface area contributed by atoms with Gasteiger partial charge in [-0.15, -0.1) is 0 Å². The van der Waals surface area contributed by atoms with E-state index in [2.05, 4.69) is 0 Å². The molecule has 0 saturated carbocycles. The van der Waals surface area contributed by atoms with Gasteiger partial charge in [-0.2, -0.15) is 0 Å². The minimum absolute atomic E-state index is 0.0779. The topological polar surface area (TPSA) is 80.4 Å². The van der Waals surface area contributed by atoms with E-state index in [0.717, 1.165) is 5.56 Å². The second kappa shape index (κ2) is 5.42. The predicted molar refractivity (Wildman–Crippen MR) is 60.4 cm³/mol. The van der Waals surface area contributed by atoms with Gasteiger partial charge in [-0.1, -0.05) is 31.2 Å². The number of carbonyl (C=O) groups excluding carboxylic acids is 1. The SMILES string of the molecule is CCC(=O)c1ccc(CC(N)C(=O)O)cc1. The molecule has 3 N–H and O–H groups in total. The molecule has 0 radical (unpaired) electrons. The molecule has 0 fully saturated rings. The fourth-order valence-corrected chi connectivity index (χ4v) is 1.37. The monoisotopic (exact) mass is 221 g/mol. The van der Waals surface area contributed by atoms with Gasteiger partial charge in [0.1, 0.15) is 6.04 Å². The zero-order valence-corrected chi connectivity index (χ0v) is 9.14. The second-order valence-corrected chi connectivity index (χ2v) is 3.62. The molecule has 1 aromatic carbocycles. The zero-order chi connectivity index (χ0) is 12.1. The van der Waals surface area contributed by atoms with Crippen LogP contribution in [-0.2, 0) is 11.2 Å². The Kier molecular flexibility index (Phi) is 4.19. The number of carbonyl (C=O) groups is 2. The average Bonchev–Trinajstić information content (AvgIpc) is 2.28. The van der Waals surface area contributed by atoms with Crippen LogP contribution >= 0.6 is 0 Å². The minimum Gasteiger partial charge on any atom is -0.480 e. The summed E-state index contributed by atoms with van der Waals surface area (Å²) in [4.78, 5) is 21.9. The van der Waals surface area contributed by atoms with E-state index in [1.54, 1.807) is 31.2 Å². The smallest absolute Gasteiger partial charge is 0.320 e. The Bertz CT molecular complexity index is 384. The third kappa shape index (κ3) is 3.17. The number of hydrogen-bond acceptors (Lipinski definition) is 3. The first-order valence-electron chi connectivity index (χ1n) is 5.15. The molecule has 0 aliphatic carbocycles. The van der Waals surface area contributed by atoms with Crippen molar-refractivity contribution in [2.75, 3.05) is 0 Å². The predicted octanol–water partition coefficient (Wildman–Crippen LogP) is 1.23. The number of rotatable bonds is 5. The van der Waals surface area contributed by atoms with Crippen molar-refractivity contribution in [3.05, 3.63) is 35.4 Å². The molecule has 1 unspecified atom stereocenters. The largest absolute Gasteiger partial charge is 0.480 e. The van der Waals surface area contributed by atoms with Crippen LogP contribution in [0.15, 0.2) is 24.3 Å². The first-order chi connectivity index (χ1) is 7.54. The summed E-state index contributed by atoms with van der Waals surface area (Å²) in [6.07, 6.45) is 0.740. The molecule has 0 spiro atoms. The van der Waals surface area contributed by atoms with Gasteiger partial charge in [0.05, 0.1) is 0 Å². The quantitative estimate of drug-likeness (QED) is 0.733. The molecule has 16 heavy (non-hydrogen) atoms. The van der Waals surface area contributed by atoms with Gasteiger partial charge in [-0.3, -0.25) is 9.59 Å². The van der Waals surface area contributed by atoms with Crippen LogP contribution in [0.3, 0.4) is 0 Å². The summed E-state index contributed by atoms with van der Waals surface area (Å²) in [5.41, 5.74) is 6.88. The van der Waals surface area contributed by atoms with Gasteiger partial charge < -0.3 is 10.8 Å². The average molecular weight is 221 g/mol. The number of ketones is 1. The molecular weight excluding hydrogens is 206 g/mol. The Hall–Kier alpha value is -1.68. The summed E-state index contributed by atoms with van der Waals surface area (Å²) in [6, 6.07) is 6.00. The number of hydrogen-bond donors (Lipinski definition) is 2. The molecule has 0 amide bonds. The van der Waals surface area contributed by atoms with Crippen molar-refractivity contribution >= 4 is 11.8 Å². The molecule has 0 aliphatic heterocycles. The second-order valence-electron chi connectivity index (χ2n) is 3.62. The van der Waals surface area contributed by atoms with E-state index < -0.39 is 12.0 Å². The lowest BCUT2D eigenvalue weighted by Crippen LogP contribution is -2.32. The number of carboxylic acid groups (broad SMARTS) is 1. The third-order valence-corrected chi connectivity index (χ3v) is 2.37. The fraction of sp³-hybridized carbons (Fsp3) is 0.333. The molecule has 4 nitrogen and oxygen atoms in total. The Morgan fingerprint density at radius 1 is 1.31 bits per heavy atom. The maximum atomic E-state index is 11.3. The third-order valence-electron chi connectivity index (χ3n) is 2.37. The highest BCUT2D eigenvalue weighted by Crippen LogP contribution is 2.08. The molecule has 0 aromatic heterocycles. The van der Waals surface area contributed by atoms with Crippen molar-refractivity contribution in [2.24, 2.45) is 5.73 Å². The van der Waals surface area contributed by atoms with Crippen molar-refractivity contribution in [3.63, 3.8) is 0 Å². The van der Waals surface area contributed by atoms with E-state index in [1.165, 1.54) is 0 Å². The molecule has 1 rings (SSSR count). The van der Waals surface area contributed by atoms with Crippen molar-refractivity contribution in [1.29, 1.82) is 0 Å². The maximum Gasteiger partial charge on any atom is 0.320 e. The molecule has 0 heterocycles. The lowest BCUT2D eigenvalue weighted by atomic mass is 10.0. The van der Waals surface area contributed by atoms with E-state index >= 15 is 0 Å². The lowest BCUT2D eigenvalue weighted by Gasteiger charge is -2.06. The fourth-order valence-electron chi connectivity index (χ4n) is 1.37. The Balaban J connectivity index is 2.72. The molecule has 0 aliphatic rings. The van der Waals surface area contributed by atoms with E-state index in [4.69, 9.17) is 10.8 Å². The van der Waals surface area contributed by atoms with E-state index in [1.807, 2.05) is 0 Å². The van der Waals surface area contributed by atoms with Crippen LogP contribution < -0.4 is 5.73 Å². The highest BCUT2D eigenvalue weighted by atomic mass is 16.4. The summed E-state index contributed by atoms with van der Waals surface area (Å²) in [7, 11) is 0. The van der Waals surface area contributed by atoms with Crippen LogP contribution in [0.25, 0.3) is 0 Å². The minimum atomic E-state index is -1.02. The summed E-state index contributed by atoms with van der Waals surface area (Å²) < 4.78 is 0. The van der Waals surface area contributed by atoms with Crippen molar-refractivity contribution < 1.29 is 14.7 Å². The van der Waals surface area contributed by atoms with Crippen molar-refractivity contribution in [1.82, 2.24) is 0 Å². The summed E-state index contributed by atoms with van der Waals surface area (Å²) in [5.74, 6) is -0.942. The Morgan fingerprint density at radius 3 is 2.31 bits per heavy atom. The number of carboxylic acids is 1. The van der Waals surface area contributed by atoms with Crippen LogP contribution in [0.5, 0.6) is 0 Å². The molecule has 1 atom stereocenters. The van der Waals surface area contributed by atoms with Gasteiger partial charge >= 0.3 is 5.97 Å². The molecule has 0 saturated heterocycles. The number of nitrogens with two attached hydrogens (primary N) is 1. The van der Waals surface area contributed by atoms with Crippen LogP contribution in [-0.4, -0.2) is 22.9 Å². The van der Waals surface area contributed by atoms with Gasteiger partial charge in [0.25, 0.3) is 0 Å². The molecular formula is C12H15NO3. The first-order valence-corrected chi connectivity index (χ1v) is 5.15. The van der Waals surface area contributed by atoms with Crippen LogP contribution in [0.1, 0.15) is 29.3 Å². The lowest BCUT2D eigenvalue weighted by molar-refractivity contribution is -0.138. The first kappa shape index (κ1) is 12.4. The number of Topliss-reactive ketones (excluding diaryl/α,β-unsaturated/α-hetero) is 1. The summed E-state index contributed by atoms with van der Waals surface area (Å²) in [6.45, 7) is 1.80. The Labute approximate surface area is 94.1 Å². The highest BCUT2D eigenvalue weighted by Gasteiger charge is 2.12. The molecule has 1 aromatic rings. The summed E-state index contributed by atoms with van der Waals surface area (Å²) in [5, 5.41) is 8.65. The number of benzene rings is 1. The Morgan fingerprint density at radius 2 is 1.88 bits per heavy atom. The molecule has 4 heteroatoms. The molecule has 86 valence electrons. The van der Waals surface area contributed by atoms with Crippen molar-refractivity contribution in [3.8, 4) is 0 Å². The van der Waals surface area contributed by atoms with Gasteiger partial charge in [0, 0.05) is 12.0 Å². The van der Waals surface area contributed by atoms with E-state index in [0.29, 0.717) is 12.0 Å². The maximum absolute atomic E-state index is 11.3. The summed E-state index contributed by atoms with van der Waals surface area (Å²) >= 11 is 0. The van der Waals surface area contributed by atoms with E-state index in [9.17, 15) is 9.59 Å². The van der Waals surface area contributed by atoms with Crippen LogP contribution in [0.2, 0.25) is 0 Å². The molecule has 0 bridgehead atoms. The normalized spacial score (nSPS) is 12.1. The van der Waals surface area contributed by atoms with Gasteiger partial charge in [0.15, 0.2) is 5.78 Å². The van der Waals surface area contributed by atoms with Gasteiger partial charge in [0.2, 0.25) is 0 Å². The standard InChI is InChI=1S/C12H15NO3/c1-2-11(14)9-5-3-8(4-6-9)7-10(13)12(15)16/h3-6,10H,2,7,13H2,1H3,(H,15,16). The zero-order valence-electron chi connectivity index (χ0n) is 9.14. The van der Waals surface area contributed by atoms with Crippen LogP contribution in [0, 0.1) is 0 Å². The van der Waals surface area contributed by atoms with E-state index in [-0.39, 0.29) is 12.2 Å². The number of aliphatic carboxylic acids is 1. The van der Waals surface area contributed by atoms with Crippen LogP contribution in [0.4, 0.5) is 0 Å². The van der Waals surface area contributed by atoms with Gasteiger partial charge in [-0.25, -0.2) is 0 Å². The van der Waals surface area contributed by atoms with Crippen molar-refractivity contribution in [2.45, 2.75) is 25.8 Å². The highest BCUT2D eigenvalue weighted by molar-refractivity contribution is 5.95.